The number of carbonyl (C=O) groups is 1. The number of nitrogens with zero attached hydrogens (tertiary/aromatic N) is 2. The molecule has 0 amide bonds. The summed E-state index contributed by atoms with van der Waals surface area (Å²) in [7, 11) is 6.15. The minimum Gasteiger partial charge on any atom is -0.465 e. The van der Waals surface area contributed by atoms with Crippen molar-refractivity contribution in [3.05, 3.63) is 32.6 Å². The van der Waals surface area contributed by atoms with E-state index in [0.29, 0.717) is 31.7 Å². The Balaban J connectivity index is 2.45. The fourth-order valence-corrected chi connectivity index (χ4v) is 3.76. The van der Waals surface area contributed by atoms with Crippen molar-refractivity contribution in [2.45, 2.75) is 99.0 Å². The van der Waals surface area contributed by atoms with Crippen LogP contribution in [0.2, 0.25) is 5.31 Å². The highest BCUT2D eigenvalue weighted by Gasteiger charge is 2.40. The van der Waals surface area contributed by atoms with E-state index in [4.69, 9.17) is 12.6 Å². The van der Waals surface area contributed by atoms with Gasteiger partial charge in [0.05, 0.1) is 19.9 Å². The highest BCUT2D eigenvalue weighted by atomic mass is 16.5. The molecule has 1 rings (SSSR count). The lowest BCUT2D eigenvalue weighted by Gasteiger charge is -2.37. The second-order valence-electron chi connectivity index (χ2n) is 9.63. The van der Waals surface area contributed by atoms with Crippen LogP contribution in [0.4, 0.5) is 0 Å². The molecule has 0 spiro atoms. The summed E-state index contributed by atoms with van der Waals surface area (Å²) < 4.78 is 8.45. The van der Waals surface area contributed by atoms with E-state index in [2.05, 4.69) is 0 Å². The van der Waals surface area contributed by atoms with Gasteiger partial charge in [0.15, 0.2) is 0 Å². The number of ether oxygens (including phenoxy) is 1. The molecule has 2 radical (unpaired) electrons. The minimum atomic E-state index is -0.598. The summed E-state index contributed by atoms with van der Waals surface area (Å²) in [4.78, 5) is 37.0. The first-order chi connectivity index (χ1) is 13.8. The van der Waals surface area contributed by atoms with Gasteiger partial charge in [-0.1, -0.05) is 39.4 Å². The molecule has 0 fully saturated rings. The molecule has 0 aromatic carbocycles. The third kappa shape index (κ3) is 7.17. The summed E-state index contributed by atoms with van der Waals surface area (Å²) in [6, 6.07) is 0. The second-order valence-corrected chi connectivity index (χ2v) is 9.63. The molecule has 6 nitrogen and oxygen atoms in total. The first kappa shape index (κ1) is 26.3. The Morgan fingerprint density at radius 2 is 1.73 bits per heavy atom. The number of hydrogen-bond donors (Lipinski definition) is 0. The van der Waals surface area contributed by atoms with Gasteiger partial charge in [-0.15, -0.1) is 0 Å². The molecular formula is C23H39BN2O4. The average molecular weight is 418 g/mol. The number of hydrogen-bond acceptors (Lipinski definition) is 4. The summed E-state index contributed by atoms with van der Waals surface area (Å²) in [5.41, 5.74) is -0.485. The number of aromatic nitrogens is 2. The lowest BCUT2D eigenvalue weighted by molar-refractivity contribution is -0.159. The molecule has 0 N–H and O–H groups in total. The topological polar surface area (TPSA) is 70.3 Å². The molecule has 1 atom stereocenters. The molecule has 0 aliphatic rings. The average Bonchev–Trinajstić information content (AvgIpc) is 2.63. The maximum atomic E-state index is 12.7. The number of esters is 1. The van der Waals surface area contributed by atoms with Crippen LogP contribution in [0.25, 0.3) is 0 Å². The Morgan fingerprint density at radius 3 is 2.27 bits per heavy atom. The number of aryl methyl sites for hydroxylation is 2. The molecule has 7 heteroatoms. The smallest absolute Gasteiger partial charge is 0.330 e. The molecule has 1 aromatic rings. The van der Waals surface area contributed by atoms with Crippen LogP contribution in [-0.2, 0) is 22.6 Å². The third-order valence-corrected chi connectivity index (χ3v) is 5.81. The summed E-state index contributed by atoms with van der Waals surface area (Å²) in [6.45, 7) is 14.7. The van der Waals surface area contributed by atoms with E-state index >= 15 is 0 Å². The van der Waals surface area contributed by atoms with Gasteiger partial charge >= 0.3 is 11.7 Å². The maximum absolute atomic E-state index is 12.7. The van der Waals surface area contributed by atoms with Gasteiger partial charge in [-0.2, -0.15) is 0 Å². The molecular weight excluding hydrogens is 379 g/mol. The van der Waals surface area contributed by atoms with Crippen molar-refractivity contribution in [2.24, 2.45) is 11.3 Å². The second kappa shape index (κ2) is 11.0. The molecule has 168 valence electrons. The van der Waals surface area contributed by atoms with Gasteiger partial charge in [-0.25, -0.2) is 4.79 Å². The Labute approximate surface area is 182 Å². The van der Waals surface area contributed by atoms with Gasteiger partial charge in [0.2, 0.25) is 0 Å². The lowest BCUT2D eigenvalue weighted by atomic mass is 9.60. The van der Waals surface area contributed by atoms with E-state index < -0.39 is 10.7 Å². The zero-order chi connectivity index (χ0) is 23.1. The zero-order valence-electron chi connectivity index (χ0n) is 19.9. The van der Waals surface area contributed by atoms with Crippen LogP contribution < -0.4 is 11.2 Å². The summed E-state index contributed by atoms with van der Waals surface area (Å²) in [5.74, 6) is -0.0409. The predicted molar refractivity (Wildman–Crippen MR) is 122 cm³/mol. The van der Waals surface area contributed by atoms with E-state index in [1.54, 1.807) is 24.6 Å². The van der Waals surface area contributed by atoms with E-state index in [0.717, 1.165) is 25.7 Å². The molecule has 30 heavy (non-hydrogen) atoms. The van der Waals surface area contributed by atoms with Crippen molar-refractivity contribution in [3.63, 3.8) is 0 Å². The van der Waals surface area contributed by atoms with Gasteiger partial charge in [0, 0.05) is 24.8 Å². The van der Waals surface area contributed by atoms with Crippen molar-refractivity contribution in [2.75, 3.05) is 6.61 Å². The Bertz CT molecular complexity index is 820. The lowest BCUT2D eigenvalue weighted by Crippen LogP contribution is -2.40. The molecule has 0 saturated carbocycles. The van der Waals surface area contributed by atoms with Crippen molar-refractivity contribution in [1.82, 2.24) is 9.13 Å². The first-order valence-electron chi connectivity index (χ1n) is 11.1. The Hall–Kier alpha value is -1.79. The zero-order valence-corrected chi connectivity index (χ0v) is 19.9. The number of carbonyl (C=O) groups excluding carboxylic acids is 1. The van der Waals surface area contributed by atoms with Gasteiger partial charge in [0.1, 0.15) is 0 Å². The Kier molecular flexibility index (Phi) is 9.63. The van der Waals surface area contributed by atoms with E-state index in [1.165, 1.54) is 4.57 Å². The summed E-state index contributed by atoms with van der Waals surface area (Å²) >= 11 is 0. The fourth-order valence-electron chi connectivity index (χ4n) is 3.76. The van der Waals surface area contributed by atoms with Crippen LogP contribution in [-0.4, -0.2) is 29.6 Å². The largest absolute Gasteiger partial charge is 0.465 e. The Morgan fingerprint density at radius 1 is 1.13 bits per heavy atom. The minimum absolute atomic E-state index is 0.140. The highest BCUT2D eigenvalue weighted by Crippen LogP contribution is 2.42. The van der Waals surface area contributed by atoms with Gasteiger partial charge in [-0.3, -0.25) is 14.2 Å². The van der Waals surface area contributed by atoms with Crippen LogP contribution in [0, 0.1) is 18.3 Å². The quantitative estimate of drug-likeness (QED) is 0.294. The van der Waals surface area contributed by atoms with Gasteiger partial charge < -0.3 is 9.30 Å². The van der Waals surface area contributed by atoms with Crippen LogP contribution in [0.3, 0.4) is 0 Å². The molecule has 1 unspecified atom stereocenters. The maximum Gasteiger partial charge on any atom is 0.330 e. The summed E-state index contributed by atoms with van der Waals surface area (Å²) in [6.07, 6.45) is 5.67. The van der Waals surface area contributed by atoms with Gasteiger partial charge in [0.25, 0.3) is 5.56 Å². The van der Waals surface area contributed by atoms with Gasteiger partial charge in [-0.05, 0) is 52.4 Å². The molecule has 0 aliphatic carbocycles. The van der Waals surface area contributed by atoms with Crippen molar-refractivity contribution < 1.29 is 9.53 Å². The third-order valence-electron chi connectivity index (χ3n) is 5.81. The normalized spacial score (nSPS) is 14.0. The number of rotatable bonds is 12. The van der Waals surface area contributed by atoms with Crippen molar-refractivity contribution >= 4 is 13.8 Å². The van der Waals surface area contributed by atoms with E-state index in [1.807, 2.05) is 34.6 Å². The van der Waals surface area contributed by atoms with E-state index in [9.17, 15) is 14.4 Å². The highest BCUT2D eigenvalue weighted by molar-refractivity contribution is 6.14. The summed E-state index contributed by atoms with van der Waals surface area (Å²) in [5, 5.41) is -0.436. The fraction of sp³-hybridized carbons (Fsp3) is 0.783. The SMILES string of the molecule is [B]C(C)(C)CC(C)(C(=O)OCCCCCCn1cc(C)c(=O)n(CC)c1=O)C(C)C. The molecule has 0 saturated heterocycles. The molecule has 0 bridgehead atoms. The van der Waals surface area contributed by atoms with Crippen molar-refractivity contribution in [1.29, 1.82) is 0 Å². The first-order valence-corrected chi connectivity index (χ1v) is 11.1. The van der Waals surface area contributed by atoms with Crippen LogP contribution in [0.15, 0.2) is 15.8 Å². The monoisotopic (exact) mass is 418 g/mol. The van der Waals surface area contributed by atoms with Crippen molar-refractivity contribution in [3.8, 4) is 0 Å². The van der Waals surface area contributed by atoms with E-state index in [-0.39, 0.29) is 23.1 Å². The molecule has 1 aromatic heterocycles. The predicted octanol–water partition coefficient (Wildman–Crippen LogP) is 3.86. The van der Waals surface area contributed by atoms with Crippen LogP contribution in [0.5, 0.6) is 0 Å². The number of unbranched alkanes of at least 4 members (excludes halogenated alkanes) is 3. The van der Waals surface area contributed by atoms with Crippen LogP contribution >= 0.6 is 0 Å². The van der Waals surface area contributed by atoms with Crippen LogP contribution in [0.1, 0.15) is 79.2 Å². The standard InChI is InChI=1S/C23H39BN2O4/c1-8-26-19(27)18(4)15-25(21(26)29)13-11-9-10-12-14-30-20(28)23(7,17(2)3)16-22(5,6)24/h15,17H,8-14,16H2,1-7H3. The molecule has 0 aliphatic heterocycles. The molecule has 1 heterocycles.